The van der Waals surface area contributed by atoms with E-state index in [4.69, 9.17) is 21.3 Å². The number of imidazole rings is 1. The minimum Gasteiger partial charge on any atom is -0.491 e. The van der Waals surface area contributed by atoms with Crippen molar-refractivity contribution in [1.82, 2.24) is 9.55 Å². The first-order valence-electron chi connectivity index (χ1n) is 9.32. The van der Waals surface area contributed by atoms with Crippen LogP contribution in [0.25, 0.3) is 16.7 Å². The fourth-order valence-electron chi connectivity index (χ4n) is 3.05. The van der Waals surface area contributed by atoms with E-state index < -0.39 is 0 Å². The zero-order valence-electron chi connectivity index (χ0n) is 16.1. The maximum absolute atomic E-state index is 6.01. The SMILES string of the molecule is CC(C)Oc1ccc(-n2c(SCc3ccc(Cl)cc3)nc3cc(I)ccc32)cc1. The van der Waals surface area contributed by atoms with Gasteiger partial charge in [-0.2, -0.15) is 0 Å². The van der Waals surface area contributed by atoms with Gasteiger partial charge in [-0.05, 0) is 96.6 Å². The van der Waals surface area contributed by atoms with Crippen LogP contribution in [-0.2, 0) is 5.75 Å². The van der Waals surface area contributed by atoms with Crippen LogP contribution in [0, 0.1) is 3.57 Å². The number of ether oxygens (including phenoxy) is 1. The summed E-state index contributed by atoms with van der Waals surface area (Å²) in [5, 5.41) is 1.72. The van der Waals surface area contributed by atoms with Crippen LogP contribution in [0.4, 0.5) is 0 Å². The molecule has 0 radical (unpaired) electrons. The molecule has 6 heteroatoms. The first-order valence-corrected chi connectivity index (χ1v) is 11.8. The summed E-state index contributed by atoms with van der Waals surface area (Å²) in [6.45, 7) is 4.06. The molecule has 0 amide bonds. The van der Waals surface area contributed by atoms with E-state index in [2.05, 4.69) is 69.6 Å². The third-order valence-electron chi connectivity index (χ3n) is 4.33. The highest BCUT2D eigenvalue weighted by molar-refractivity contribution is 14.1. The Balaban J connectivity index is 1.70. The van der Waals surface area contributed by atoms with Crippen LogP contribution in [-0.4, -0.2) is 15.7 Å². The summed E-state index contributed by atoms with van der Waals surface area (Å²) in [4.78, 5) is 4.92. The number of hydrogen-bond donors (Lipinski definition) is 0. The molecule has 0 aliphatic rings. The molecule has 1 heterocycles. The summed E-state index contributed by atoms with van der Waals surface area (Å²) >= 11 is 10.1. The highest BCUT2D eigenvalue weighted by atomic mass is 127. The minimum atomic E-state index is 0.155. The molecule has 0 fully saturated rings. The Morgan fingerprint density at radius 1 is 1.03 bits per heavy atom. The lowest BCUT2D eigenvalue weighted by molar-refractivity contribution is 0.242. The second-order valence-corrected chi connectivity index (χ2v) is 9.56. The molecule has 0 spiro atoms. The van der Waals surface area contributed by atoms with Crippen LogP contribution < -0.4 is 4.74 Å². The predicted molar refractivity (Wildman–Crippen MR) is 131 cm³/mol. The molecule has 0 unspecified atom stereocenters. The molecule has 3 nitrogen and oxygen atoms in total. The van der Waals surface area contributed by atoms with Gasteiger partial charge in [0.05, 0.1) is 17.1 Å². The number of aromatic nitrogens is 2. The Morgan fingerprint density at radius 2 is 1.76 bits per heavy atom. The van der Waals surface area contributed by atoms with Crippen LogP contribution in [0.3, 0.4) is 0 Å². The van der Waals surface area contributed by atoms with E-state index >= 15 is 0 Å². The van der Waals surface area contributed by atoms with Crippen LogP contribution in [0.2, 0.25) is 5.02 Å². The van der Waals surface area contributed by atoms with Crippen LogP contribution in [0.5, 0.6) is 5.75 Å². The van der Waals surface area contributed by atoms with Crippen molar-refractivity contribution in [3.63, 3.8) is 0 Å². The van der Waals surface area contributed by atoms with E-state index in [1.807, 2.05) is 38.1 Å². The topological polar surface area (TPSA) is 27.1 Å². The highest BCUT2D eigenvalue weighted by Crippen LogP contribution is 2.31. The Labute approximate surface area is 193 Å². The van der Waals surface area contributed by atoms with Gasteiger partial charge in [-0.1, -0.05) is 35.5 Å². The summed E-state index contributed by atoms with van der Waals surface area (Å²) in [6, 6.07) is 22.5. The monoisotopic (exact) mass is 534 g/mol. The Bertz CT molecular complexity index is 1120. The minimum absolute atomic E-state index is 0.155. The largest absolute Gasteiger partial charge is 0.491 e. The molecule has 0 aliphatic carbocycles. The average molecular weight is 535 g/mol. The van der Waals surface area contributed by atoms with Crippen molar-refractivity contribution in [1.29, 1.82) is 0 Å². The molecular weight excluding hydrogens is 515 g/mol. The second-order valence-electron chi connectivity index (χ2n) is 6.94. The maximum Gasteiger partial charge on any atom is 0.174 e. The molecule has 0 saturated heterocycles. The van der Waals surface area contributed by atoms with E-state index in [0.29, 0.717) is 0 Å². The average Bonchev–Trinajstić information content (AvgIpc) is 3.05. The van der Waals surface area contributed by atoms with Crippen molar-refractivity contribution in [2.75, 3.05) is 0 Å². The van der Waals surface area contributed by atoms with Gasteiger partial charge in [0, 0.05) is 20.0 Å². The normalized spacial score (nSPS) is 11.3. The van der Waals surface area contributed by atoms with E-state index in [0.717, 1.165) is 38.4 Å². The van der Waals surface area contributed by atoms with Crippen molar-refractivity contribution >= 4 is 57.0 Å². The fraction of sp³-hybridized carbons (Fsp3) is 0.174. The van der Waals surface area contributed by atoms with Gasteiger partial charge >= 0.3 is 0 Å². The molecule has 0 bridgehead atoms. The van der Waals surface area contributed by atoms with Crippen LogP contribution in [0.15, 0.2) is 71.9 Å². The molecule has 1 aromatic heterocycles. The molecular formula is C23H20ClIN2OS. The third-order valence-corrected chi connectivity index (χ3v) is 6.27. The quantitative estimate of drug-likeness (QED) is 0.191. The lowest BCUT2D eigenvalue weighted by Crippen LogP contribution is -2.05. The molecule has 0 atom stereocenters. The third kappa shape index (κ3) is 4.90. The van der Waals surface area contributed by atoms with Gasteiger partial charge in [-0.3, -0.25) is 4.57 Å². The molecule has 148 valence electrons. The van der Waals surface area contributed by atoms with E-state index in [1.165, 1.54) is 9.13 Å². The predicted octanol–water partition coefficient (Wildman–Crippen LogP) is 7.36. The summed E-state index contributed by atoms with van der Waals surface area (Å²) in [5.41, 5.74) is 4.39. The number of thioether (sulfide) groups is 1. The summed E-state index contributed by atoms with van der Waals surface area (Å²) in [5.74, 6) is 1.70. The first-order chi connectivity index (χ1) is 14.0. The number of rotatable bonds is 6. The highest BCUT2D eigenvalue weighted by Gasteiger charge is 2.14. The molecule has 0 aliphatic heterocycles. The fourth-order valence-corrected chi connectivity index (χ4v) is 4.64. The summed E-state index contributed by atoms with van der Waals surface area (Å²) in [6.07, 6.45) is 0.155. The number of hydrogen-bond acceptors (Lipinski definition) is 3. The van der Waals surface area contributed by atoms with Crippen molar-refractivity contribution in [3.05, 3.63) is 80.9 Å². The van der Waals surface area contributed by atoms with Gasteiger partial charge in [0.15, 0.2) is 5.16 Å². The number of nitrogens with zero attached hydrogens (tertiary/aromatic N) is 2. The van der Waals surface area contributed by atoms with Gasteiger partial charge in [-0.25, -0.2) is 4.98 Å². The Hall–Kier alpha value is -1.70. The zero-order valence-corrected chi connectivity index (χ0v) is 19.8. The number of fused-ring (bicyclic) bond motifs is 1. The smallest absolute Gasteiger partial charge is 0.174 e. The standard InChI is InChI=1S/C23H20ClIN2OS/c1-15(2)28-20-10-8-19(9-11-20)27-22-12-7-18(25)13-21(22)26-23(27)29-14-16-3-5-17(24)6-4-16/h3-13,15H,14H2,1-2H3. The van der Waals surface area contributed by atoms with Gasteiger partial charge < -0.3 is 4.74 Å². The maximum atomic E-state index is 6.01. The molecule has 4 rings (SSSR count). The van der Waals surface area contributed by atoms with Crippen molar-refractivity contribution < 1.29 is 4.74 Å². The lowest BCUT2D eigenvalue weighted by Gasteiger charge is -2.12. The number of halogens is 2. The van der Waals surface area contributed by atoms with Crippen molar-refractivity contribution in [2.45, 2.75) is 30.9 Å². The molecule has 4 aromatic rings. The molecule has 3 aromatic carbocycles. The second kappa shape index (κ2) is 8.98. The summed E-state index contributed by atoms with van der Waals surface area (Å²) < 4.78 is 9.18. The van der Waals surface area contributed by atoms with E-state index in [1.54, 1.807) is 11.8 Å². The van der Waals surface area contributed by atoms with Crippen molar-refractivity contribution in [2.24, 2.45) is 0 Å². The van der Waals surface area contributed by atoms with Crippen molar-refractivity contribution in [3.8, 4) is 11.4 Å². The van der Waals surface area contributed by atoms with Gasteiger partial charge in [0.25, 0.3) is 0 Å². The zero-order chi connectivity index (χ0) is 20.4. The number of benzene rings is 3. The summed E-state index contributed by atoms with van der Waals surface area (Å²) in [7, 11) is 0. The lowest BCUT2D eigenvalue weighted by atomic mass is 10.2. The van der Waals surface area contributed by atoms with Gasteiger partial charge in [0.1, 0.15) is 5.75 Å². The molecule has 0 N–H and O–H groups in total. The Kier molecular flexibility index (Phi) is 6.37. The van der Waals surface area contributed by atoms with E-state index in [9.17, 15) is 0 Å². The first kappa shape index (κ1) is 20.6. The van der Waals surface area contributed by atoms with E-state index in [-0.39, 0.29) is 6.10 Å². The van der Waals surface area contributed by atoms with Gasteiger partial charge in [0.2, 0.25) is 0 Å². The van der Waals surface area contributed by atoms with Crippen LogP contribution >= 0.6 is 46.0 Å². The van der Waals surface area contributed by atoms with Gasteiger partial charge in [-0.15, -0.1) is 0 Å². The Morgan fingerprint density at radius 3 is 2.45 bits per heavy atom. The molecule has 29 heavy (non-hydrogen) atoms. The van der Waals surface area contributed by atoms with Crippen LogP contribution in [0.1, 0.15) is 19.4 Å². The molecule has 0 saturated carbocycles.